The average Bonchev–Trinajstić information content (AvgIpc) is 3.63. The molecule has 0 radical (unpaired) electrons. The average molecular weight is 579 g/mol. The molecular weight excluding hydrogens is 553 g/mol. The fourth-order valence-corrected chi connectivity index (χ4v) is 8.76. The van der Waals surface area contributed by atoms with E-state index < -0.39 is 0 Å². The Labute approximate surface area is 266 Å². The van der Waals surface area contributed by atoms with Crippen molar-refractivity contribution in [3.63, 3.8) is 0 Å². The lowest BCUT2D eigenvalue weighted by Gasteiger charge is -2.20. The van der Waals surface area contributed by atoms with Crippen molar-refractivity contribution >= 4 is 43.1 Å². The summed E-state index contributed by atoms with van der Waals surface area (Å²) in [5.74, 6) is 0. The molecule has 0 heterocycles. The van der Waals surface area contributed by atoms with E-state index >= 15 is 0 Å². The molecule has 0 amide bonds. The first kappa shape index (κ1) is 24.4. The van der Waals surface area contributed by atoms with Crippen LogP contribution in [0.3, 0.4) is 0 Å². The van der Waals surface area contributed by atoms with E-state index in [1.807, 2.05) is 0 Å². The van der Waals surface area contributed by atoms with Crippen molar-refractivity contribution < 1.29 is 0 Å². The Balaban J connectivity index is 1.26. The molecule has 0 aromatic heterocycles. The lowest BCUT2D eigenvalue weighted by atomic mass is 9.83. The van der Waals surface area contributed by atoms with Crippen LogP contribution in [-0.2, 0) is 0 Å². The summed E-state index contributed by atoms with van der Waals surface area (Å²) in [6.45, 7) is 0. The molecule has 0 N–H and O–H groups in total. The third-order valence-corrected chi connectivity index (χ3v) is 10.6. The quantitative estimate of drug-likeness (QED) is 0.179. The van der Waals surface area contributed by atoms with Gasteiger partial charge < -0.3 is 0 Å². The summed E-state index contributed by atoms with van der Waals surface area (Å²) >= 11 is 0. The van der Waals surface area contributed by atoms with E-state index in [1.54, 1.807) is 0 Å². The van der Waals surface area contributed by atoms with Crippen molar-refractivity contribution in [3.8, 4) is 66.8 Å². The molecule has 0 unspecified atom stereocenters. The first-order valence-electron chi connectivity index (χ1n) is 16.1. The molecule has 0 spiro atoms. The van der Waals surface area contributed by atoms with Gasteiger partial charge in [-0.2, -0.15) is 0 Å². The summed E-state index contributed by atoms with van der Waals surface area (Å²) in [6, 6.07) is 58.9. The van der Waals surface area contributed by atoms with Crippen LogP contribution >= 0.6 is 0 Å². The van der Waals surface area contributed by atoms with Crippen LogP contribution in [0.4, 0.5) is 0 Å². The van der Waals surface area contributed by atoms with E-state index in [2.05, 4.69) is 158 Å². The molecule has 2 aliphatic rings. The highest BCUT2D eigenvalue weighted by Gasteiger charge is 2.26. The minimum absolute atomic E-state index is 1.29. The standard InChI is InChI=1S/C46H26/c1-3-13-29-27(11-1)31-19-9-21-37-41(25-23-39(29)43(31)37)45-33-15-5-7-17-35(33)46(36-18-8-6-16-34(36)45)42-26-24-40-30-14-4-2-12-28(30)32-20-10-22-38(42)44(32)40/h1-26H. The van der Waals surface area contributed by atoms with Gasteiger partial charge in [0.05, 0.1) is 0 Å². The largest absolute Gasteiger partial charge is 0.0616 e. The minimum Gasteiger partial charge on any atom is -0.0616 e. The third kappa shape index (κ3) is 2.99. The number of benzene rings is 9. The van der Waals surface area contributed by atoms with Gasteiger partial charge in [0.2, 0.25) is 0 Å². The third-order valence-electron chi connectivity index (χ3n) is 10.6. The van der Waals surface area contributed by atoms with Gasteiger partial charge in [-0.1, -0.05) is 158 Å². The Morgan fingerprint density at radius 3 is 0.804 bits per heavy atom. The molecule has 0 heteroatoms. The van der Waals surface area contributed by atoms with Gasteiger partial charge in [-0.05, 0) is 110 Å². The fourth-order valence-electron chi connectivity index (χ4n) is 8.76. The Bertz CT molecular complexity index is 2490. The first-order chi connectivity index (χ1) is 22.9. The van der Waals surface area contributed by atoms with Crippen LogP contribution in [0, 0.1) is 0 Å². The Kier molecular flexibility index (Phi) is 4.66. The molecule has 0 nitrogen and oxygen atoms in total. The van der Waals surface area contributed by atoms with Crippen LogP contribution in [0.15, 0.2) is 158 Å². The van der Waals surface area contributed by atoms with Crippen molar-refractivity contribution in [1.82, 2.24) is 0 Å². The smallest absolute Gasteiger partial charge is 0.00201 e. The second-order valence-corrected chi connectivity index (χ2v) is 12.7. The normalized spacial score (nSPS) is 12.3. The Morgan fingerprint density at radius 2 is 0.435 bits per heavy atom. The maximum Gasteiger partial charge on any atom is -0.00201 e. The molecule has 0 atom stereocenters. The number of hydrogen-bond acceptors (Lipinski definition) is 0. The molecule has 11 rings (SSSR count). The summed E-state index contributed by atoms with van der Waals surface area (Å²) < 4.78 is 0. The van der Waals surface area contributed by atoms with Gasteiger partial charge in [-0.25, -0.2) is 0 Å². The van der Waals surface area contributed by atoms with E-state index in [-0.39, 0.29) is 0 Å². The lowest BCUT2D eigenvalue weighted by Crippen LogP contribution is -1.93. The summed E-state index contributed by atoms with van der Waals surface area (Å²) in [5, 5.41) is 10.5. The lowest BCUT2D eigenvalue weighted by molar-refractivity contribution is 1.69. The Hall–Kier alpha value is -5.98. The summed E-state index contributed by atoms with van der Waals surface area (Å²) in [7, 11) is 0. The number of hydrogen-bond donors (Lipinski definition) is 0. The highest BCUT2D eigenvalue weighted by molar-refractivity contribution is 6.29. The molecule has 0 aliphatic heterocycles. The van der Waals surface area contributed by atoms with Gasteiger partial charge in [0.1, 0.15) is 0 Å². The van der Waals surface area contributed by atoms with Gasteiger partial charge in [0.25, 0.3) is 0 Å². The predicted molar refractivity (Wildman–Crippen MR) is 196 cm³/mol. The maximum absolute atomic E-state index is 2.37. The topological polar surface area (TPSA) is 0 Å². The monoisotopic (exact) mass is 578 g/mol. The van der Waals surface area contributed by atoms with Crippen LogP contribution in [0.2, 0.25) is 0 Å². The zero-order valence-corrected chi connectivity index (χ0v) is 25.0. The van der Waals surface area contributed by atoms with Crippen molar-refractivity contribution in [3.05, 3.63) is 158 Å². The molecular formula is C46H26. The van der Waals surface area contributed by atoms with E-state index in [0.717, 1.165) is 0 Å². The van der Waals surface area contributed by atoms with Gasteiger partial charge >= 0.3 is 0 Å². The van der Waals surface area contributed by atoms with Crippen LogP contribution in [-0.4, -0.2) is 0 Å². The summed E-state index contributed by atoms with van der Waals surface area (Å²) in [5.41, 5.74) is 15.9. The number of rotatable bonds is 2. The van der Waals surface area contributed by atoms with Crippen molar-refractivity contribution in [1.29, 1.82) is 0 Å². The van der Waals surface area contributed by atoms with Crippen molar-refractivity contribution in [2.45, 2.75) is 0 Å². The summed E-state index contributed by atoms with van der Waals surface area (Å²) in [6.07, 6.45) is 0. The van der Waals surface area contributed by atoms with Gasteiger partial charge in [-0.15, -0.1) is 0 Å². The molecule has 2 aliphatic carbocycles. The zero-order valence-electron chi connectivity index (χ0n) is 25.0. The molecule has 0 saturated heterocycles. The van der Waals surface area contributed by atoms with Gasteiger partial charge in [0.15, 0.2) is 0 Å². The summed E-state index contributed by atoms with van der Waals surface area (Å²) in [4.78, 5) is 0. The second-order valence-electron chi connectivity index (χ2n) is 12.7. The van der Waals surface area contributed by atoms with Crippen LogP contribution in [0.5, 0.6) is 0 Å². The molecule has 0 fully saturated rings. The first-order valence-corrected chi connectivity index (χ1v) is 16.1. The SMILES string of the molecule is c1ccc2c(c1)-c1cccc3c(-c4c5ccccc5c(-c5ccc6c7c(cccc57)-c5ccccc5-6)c5ccccc45)ccc-2c13. The molecule has 46 heavy (non-hydrogen) atoms. The number of fused-ring (bicyclic) bond motifs is 8. The van der Waals surface area contributed by atoms with Gasteiger partial charge in [-0.3, -0.25) is 0 Å². The van der Waals surface area contributed by atoms with Gasteiger partial charge in [0, 0.05) is 0 Å². The van der Waals surface area contributed by atoms with E-state index in [1.165, 1.54) is 110 Å². The van der Waals surface area contributed by atoms with Crippen LogP contribution in [0.1, 0.15) is 0 Å². The molecule has 0 bridgehead atoms. The minimum atomic E-state index is 1.29. The Morgan fingerprint density at radius 1 is 0.174 bits per heavy atom. The molecule has 210 valence electrons. The molecule has 9 aromatic rings. The van der Waals surface area contributed by atoms with E-state index in [4.69, 9.17) is 0 Å². The molecule has 9 aromatic carbocycles. The fraction of sp³-hybridized carbons (Fsp3) is 0. The van der Waals surface area contributed by atoms with E-state index in [0.29, 0.717) is 0 Å². The van der Waals surface area contributed by atoms with Crippen molar-refractivity contribution in [2.75, 3.05) is 0 Å². The van der Waals surface area contributed by atoms with Crippen molar-refractivity contribution in [2.24, 2.45) is 0 Å². The highest BCUT2D eigenvalue weighted by atomic mass is 14.3. The van der Waals surface area contributed by atoms with E-state index in [9.17, 15) is 0 Å². The predicted octanol–water partition coefficient (Wildman–Crippen LogP) is 12.9. The highest BCUT2D eigenvalue weighted by Crippen LogP contribution is 2.54. The second kappa shape index (κ2) is 8.81. The maximum atomic E-state index is 2.37. The zero-order chi connectivity index (χ0) is 29.9. The van der Waals surface area contributed by atoms with Crippen LogP contribution < -0.4 is 0 Å². The van der Waals surface area contributed by atoms with Crippen LogP contribution in [0.25, 0.3) is 110 Å². The molecule has 0 saturated carbocycles.